The van der Waals surface area contributed by atoms with Gasteiger partial charge in [0.1, 0.15) is 12.2 Å². The Morgan fingerprint density at radius 2 is 1.91 bits per heavy atom. The van der Waals surface area contributed by atoms with Crippen LogP contribution in [0.15, 0.2) is 24.3 Å². The van der Waals surface area contributed by atoms with E-state index >= 15 is 0 Å². The number of rotatable bonds is 5. The number of nitrogens with zero attached hydrogens (tertiary/aromatic N) is 2. The standard InChI is InChI=1S/C17H20FN3O2/c18-15-3-1-13(2-4-15)11-17(23)21-9-6-14(7-10-21)12-20-16(22)5-8-19/h1-4,14H,5-7,9-12H2,(H,20,22). The van der Waals surface area contributed by atoms with Crippen LogP contribution in [0.1, 0.15) is 24.8 Å². The summed E-state index contributed by atoms with van der Waals surface area (Å²) in [5.74, 6) is -0.168. The molecule has 0 bridgehead atoms. The minimum absolute atomic E-state index is 0.0450. The molecule has 1 fully saturated rings. The molecule has 122 valence electrons. The zero-order valence-electron chi connectivity index (χ0n) is 12.9. The summed E-state index contributed by atoms with van der Waals surface area (Å²) in [5, 5.41) is 11.2. The number of nitrogens with one attached hydrogen (secondary N) is 1. The molecule has 23 heavy (non-hydrogen) atoms. The summed E-state index contributed by atoms with van der Waals surface area (Å²) in [5.41, 5.74) is 0.808. The highest BCUT2D eigenvalue weighted by atomic mass is 19.1. The largest absolute Gasteiger partial charge is 0.355 e. The predicted octanol–water partition coefficient (Wildman–Crippen LogP) is 1.64. The molecule has 1 aromatic rings. The smallest absolute Gasteiger partial charge is 0.234 e. The number of hydrogen-bond acceptors (Lipinski definition) is 3. The summed E-state index contributed by atoms with van der Waals surface area (Å²) in [6, 6.07) is 7.79. The number of carbonyl (C=O) groups excluding carboxylic acids is 2. The van der Waals surface area contributed by atoms with Crippen molar-refractivity contribution >= 4 is 11.8 Å². The van der Waals surface area contributed by atoms with Crippen molar-refractivity contribution in [3.8, 4) is 6.07 Å². The molecule has 0 aromatic heterocycles. The SMILES string of the molecule is N#CCC(=O)NCC1CCN(C(=O)Cc2ccc(F)cc2)CC1. The number of piperidine rings is 1. The third-order valence-electron chi connectivity index (χ3n) is 4.06. The van der Waals surface area contributed by atoms with E-state index in [9.17, 15) is 14.0 Å². The van der Waals surface area contributed by atoms with Gasteiger partial charge in [0, 0.05) is 19.6 Å². The Balaban J connectivity index is 1.73. The van der Waals surface area contributed by atoms with Crippen LogP contribution in [0.3, 0.4) is 0 Å². The molecule has 0 atom stereocenters. The number of amides is 2. The number of hydrogen-bond donors (Lipinski definition) is 1. The molecule has 0 spiro atoms. The minimum Gasteiger partial charge on any atom is -0.355 e. The lowest BCUT2D eigenvalue weighted by atomic mass is 9.96. The van der Waals surface area contributed by atoms with Crippen LogP contribution in [0.4, 0.5) is 4.39 Å². The van der Waals surface area contributed by atoms with Gasteiger partial charge in [-0.2, -0.15) is 5.26 Å². The predicted molar refractivity (Wildman–Crippen MR) is 82.6 cm³/mol. The number of benzene rings is 1. The molecule has 1 aromatic carbocycles. The van der Waals surface area contributed by atoms with Crippen molar-refractivity contribution in [2.24, 2.45) is 5.92 Å². The molecule has 1 N–H and O–H groups in total. The lowest BCUT2D eigenvalue weighted by Crippen LogP contribution is -2.42. The first kappa shape index (κ1) is 16.9. The van der Waals surface area contributed by atoms with Crippen molar-refractivity contribution < 1.29 is 14.0 Å². The highest BCUT2D eigenvalue weighted by Crippen LogP contribution is 2.17. The molecule has 6 heteroatoms. The first-order chi connectivity index (χ1) is 11.1. The van der Waals surface area contributed by atoms with Gasteiger partial charge in [0.2, 0.25) is 11.8 Å². The third kappa shape index (κ3) is 5.37. The van der Waals surface area contributed by atoms with Gasteiger partial charge in [-0.05, 0) is 36.5 Å². The van der Waals surface area contributed by atoms with Gasteiger partial charge < -0.3 is 10.2 Å². The van der Waals surface area contributed by atoms with Crippen molar-refractivity contribution in [2.75, 3.05) is 19.6 Å². The first-order valence-corrected chi connectivity index (χ1v) is 7.74. The molecular weight excluding hydrogens is 297 g/mol. The van der Waals surface area contributed by atoms with Crippen molar-refractivity contribution in [3.63, 3.8) is 0 Å². The summed E-state index contributed by atoms with van der Waals surface area (Å²) in [6.07, 6.45) is 1.84. The van der Waals surface area contributed by atoms with Gasteiger partial charge in [0.25, 0.3) is 0 Å². The Kier molecular flexibility index (Phi) is 6.10. The van der Waals surface area contributed by atoms with Crippen LogP contribution in [0.25, 0.3) is 0 Å². The second kappa shape index (κ2) is 8.28. The van der Waals surface area contributed by atoms with E-state index in [1.54, 1.807) is 12.1 Å². The minimum atomic E-state index is -0.305. The van der Waals surface area contributed by atoms with Crippen LogP contribution in [0, 0.1) is 23.1 Å². The molecule has 0 aliphatic carbocycles. The summed E-state index contributed by atoms with van der Waals surface area (Å²) in [6.45, 7) is 1.89. The summed E-state index contributed by atoms with van der Waals surface area (Å²) in [7, 11) is 0. The molecule has 0 saturated carbocycles. The van der Waals surface area contributed by atoms with E-state index in [-0.39, 0.29) is 30.5 Å². The summed E-state index contributed by atoms with van der Waals surface area (Å²) in [4.78, 5) is 25.3. The zero-order chi connectivity index (χ0) is 16.7. The molecule has 1 aliphatic heterocycles. The van der Waals surface area contributed by atoms with Crippen LogP contribution in [0.5, 0.6) is 0 Å². The average molecular weight is 317 g/mol. The maximum absolute atomic E-state index is 12.9. The fraction of sp³-hybridized carbons (Fsp3) is 0.471. The summed E-state index contributed by atoms with van der Waals surface area (Å²) < 4.78 is 12.9. The van der Waals surface area contributed by atoms with Crippen molar-refractivity contribution in [3.05, 3.63) is 35.6 Å². The lowest BCUT2D eigenvalue weighted by Gasteiger charge is -2.32. The first-order valence-electron chi connectivity index (χ1n) is 7.74. The van der Waals surface area contributed by atoms with E-state index in [0.29, 0.717) is 25.6 Å². The zero-order valence-corrected chi connectivity index (χ0v) is 12.9. The van der Waals surface area contributed by atoms with E-state index in [2.05, 4.69) is 5.32 Å². The van der Waals surface area contributed by atoms with Gasteiger partial charge >= 0.3 is 0 Å². The second-order valence-electron chi connectivity index (χ2n) is 5.77. The number of nitriles is 1. The van der Waals surface area contributed by atoms with Gasteiger partial charge in [0.15, 0.2) is 0 Å². The highest BCUT2D eigenvalue weighted by molar-refractivity contribution is 5.79. The third-order valence-corrected chi connectivity index (χ3v) is 4.06. The number of carbonyl (C=O) groups is 2. The quantitative estimate of drug-likeness (QED) is 0.897. The van der Waals surface area contributed by atoms with Crippen LogP contribution in [0.2, 0.25) is 0 Å². The molecule has 2 amide bonds. The Bertz CT molecular complexity index is 587. The Labute approximate surface area is 135 Å². The molecule has 2 rings (SSSR count). The maximum atomic E-state index is 12.9. The van der Waals surface area contributed by atoms with E-state index in [1.807, 2.05) is 11.0 Å². The van der Waals surface area contributed by atoms with E-state index in [1.165, 1.54) is 12.1 Å². The average Bonchev–Trinajstić information content (AvgIpc) is 2.56. The highest BCUT2D eigenvalue weighted by Gasteiger charge is 2.23. The Hall–Kier alpha value is -2.42. The number of halogens is 1. The van der Waals surface area contributed by atoms with E-state index < -0.39 is 0 Å². The lowest BCUT2D eigenvalue weighted by molar-refractivity contribution is -0.132. The van der Waals surface area contributed by atoms with Gasteiger partial charge in [-0.25, -0.2) is 4.39 Å². The molecule has 1 saturated heterocycles. The maximum Gasteiger partial charge on any atom is 0.234 e. The van der Waals surface area contributed by atoms with Gasteiger partial charge in [-0.1, -0.05) is 12.1 Å². The van der Waals surface area contributed by atoms with Crippen LogP contribution in [-0.2, 0) is 16.0 Å². The molecule has 0 unspecified atom stereocenters. The monoisotopic (exact) mass is 317 g/mol. The van der Waals surface area contributed by atoms with E-state index in [4.69, 9.17) is 5.26 Å². The van der Waals surface area contributed by atoms with Gasteiger partial charge in [-0.15, -0.1) is 0 Å². The molecule has 5 nitrogen and oxygen atoms in total. The van der Waals surface area contributed by atoms with Crippen LogP contribution < -0.4 is 5.32 Å². The number of likely N-dealkylation sites (tertiary alicyclic amines) is 1. The van der Waals surface area contributed by atoms with Gasteiger partial charge in [-0.3, -0.25) is 9.59 Å². The van der Waals surface area contributed by atoms with Gasteiger partial charge in [0.05, 0.1) is 12.5 Å². The van der Waals surface area contributed by atoms with Crippen molar-refractivity contribution in [1.29, 1.82) is 5.26 Å². The summed E-state index contributed by atoms with van der Waals surface area (Å²) >= 11 is 0. The Morgan fingerprint density at radius 3 is 2.52 bits per heavy atom. The second-order valence-corrected chi connectivity index (χ2v) is 5.77. The van der Waals surface area contributed by atoms with Crippen molar-refractivity contribution in [1.82, 2.24) is 10.2 Å². The van der Waals surface area contributed by atoms with E-state index in [0.717, 1.165) is 18.4 Å². The fourth-order valence-electron chi connectivity index (χ4n) is 2.67. The Morgan fingerprint density at radius 1 is 1.26 bits per heavy atom. The molecule has 1 aliphatic rings. The molecular formula is C17H20FN3O2. The molecule has 1 heterocycles. The van der Waals surface area contributed by atoms with Crippen molar-refractivity contribution in [2.45, 2.75) is 25.7 Å². The topological polar surface area (TPSA) is 73.2 Å². The van der Waals surface area contributed by atoms with Crippen LogP contribution >= 0.6 is 0 Å². The fourth-order valence-corrected chi connectivity index (χ4v) is 2.67. The normalized spacial score (nSPS) is 15.0. The molecule has 0 radical (unpaired) electrons. The van der Waals surface area contributed by atoms with Crippen LogP contribution in [-0.4, -0.2) is 36.3 Å².